The monoisotopic (exact) mass is 249 g/mol. The summed E-state index contributed by atoms with van der Waals surface area (Å²) >= 11 is -3.91. The van der Waals surface area contributed by atoms with Gasteiger partial charge in [0.15, 0.2) is 0 Å². The molecule has 0 aromatic rings. The Morgan fingerprint density at radius 1 is 1.33 bits per heavy atom. The van der Waals surface area contributed by atoms with Crippen LogP contribution in [0.1, 0.15) is 0 Å². The summed E-state index contributed by atoms with van der Waals surface area (Å²) in [5, 5.41) is 0. The van der Waals surface area contributed by atoms with E-state index in [-0.39, 0.29) is 0 Å². The van der Waals surface area contributed by atoms with Gasteiger partial charge in [-0.1, -0.05) is 0 Å². The maximum atomic E-state index is 9.88. The summed E-state index contributed by atoms with van der Waals surface area (Å²) in [6.07, 6.45) is 0. The predicted molar refractivity (Wildman–Crippen MR) is 32.2 cm³/mol. The SMILES string of the molecule is O=S(=O)(O)[NH][Ti]([Cl])([Cl])[Cl]. The Balaban J connectivity index is 4.07. The number of hydrogen-bond acceptors (Lipinski definition) is 2. The maximum absolute atomic E-state index is 9.88. The molecule has 0 amide bonds. The Kier molecular flexibility index (Phi) is 3.76. The minimum absolute atomic E-state index is 1.47. The van der Waals surface area contributed by atoms with E-state index in [9.17, 15) is 8.42 Å². The molecule has 0 saturated carbocycles. The van der Waals surface area contributed by atoms with Crippen molar-refractivity contribution in [2.75, 3.05) is 0 Å². The predicted octanol–water partition coefficient (Wildman–Crippen LogP) is 0.909. The van der Waals surface area contributed by atoms with E-state index in [1.165, 1.54) is 3.20 Å². The molecule has 56 valence electrons. The number of hydrogen-bond donors (Lipinski definition) is 2. The molecule has 0 radical (unpaired) electrons. The van der Waals surface area contributed by atoms with Crippen molar-refractivity contribution in [2.24, 2.45) is 0 Å². The molecule has 0 unspecified atom stereocenters. The van der Waals surface area contributed by atoms with E-state index in [0.717, 1.165) is 0 Å². The van der Waals surface area contributed by atoms with E-state index in [1.807, 2.05) is 0 Å². The molecule has 2 N–H and O–H groups in total. The normalized spacial score (nSPS) is 13.8. The van der Waals surface area contributed by atoms with Crippen molar-refractivity contribution in [1.29, 1.82) is 0 Å². The van der Waals surface area contributed by atoms with Crippen LogP contribution in [-0.4, -0.2) is 13.0 Å². The topological polar surface area (TPSA) is 66.4 Å². The van der Waals surface area contributed by atoms with E-state index in [2.05, 4.69) is 0 Å². The average Bonchev–Trinajstić information content (AvgIpc) is 1.14. The number of nitrogens with one attached hydrogen (secondary N) is 1. The quantitative estimate of drug-likeness (QED) is 0.565. The van der Waals surface area contributed by atoms with Gasteiger partial charge in [0.2, 0.25) is 0 Å². The molecule has 0 aromatic carbocycles. The van der Waals surface area contributed by atoms with Gasteiger partial charge >= 0.3 is 68.1 Å². The third-order valence-corrected chi connectivity index (χ3v) is 5.89. The molecule has 0 aliphatic carbocycles. The summed E-state index contributed by atoms with van der Waals surface area (Å²) in [6.45, 7) is 0. The van der Waals surface area contributed by atoms with Gasteiger partial charge in [-0.15, -0.1) is 0 Å². The fourth-order valence-electron chi connectivity index (χ4n) is 0.146. The van der Waals surface area contributed by atoms with Crippen LogP contribution >= 0.6 is 27.9 Å². The van der Waals surface area contributed by atoms with E-state index in [4.69, 9.17) is 32.5 Å². The van der Waals surface area contributed by atoms with Gasteiger partial charge in [0, 0.05) is 0 Å². The Hall–Kier alpha value is 1.45. The van der Waals surface area contributed by atoms with Crippen LogP contribution in [0.4, 0.5) is 0 Å². The van der Waals surface area contributed by atoms with Gasteiger partial charge in [0.1, 0.15) is 0 Å². The second-order valence-electron chi connectivity index (χ2n) is 1.07. The summed E-state index contributed by atoms with van der Waals surface area (Å²) in [6, 6.07) is 0. The van der Waals surface area contributed by atoms with Crippen molar-refractivity contribution < 1.29 is 26.6 Å². The summed E-state index contributed by atoms with van der Waals surface area (Å²) in [5.74, 6) is 0. The van der Waals surface area contributed by atoms with Crippen molar-refractivity contribution in [2.45, 2.75) is 0 Å². The molecule has 0 aliphatic rings. The molecule has 0 bridgehead atoms. The minimum atomic E-state index is -4.34. The van der Waals surface area contributed by atoms with Crippen LogP contribution in [-0.2, 0) is 24.0 Å². The molecule has 0 heterocycles. The van der Waals surface area contributed by atoms with Gasteiger partial charge in [0.05, 0.1) is 0 Å². The molecular weight excluding hydrogens is 248 g/mol. The van der Waals surface area contributed by atoms with Crippen LogP contribution in [0.15, 0.2) is 0 Å². The molecule has 0 rings (SSSR count). The zero-order chi connectivity index (χ0) is 7.71. The van der Waals surface area contributed by atoms with Gasteiger partial charge < -0.3 is 0 Å². The average molecular weight is 250 g/mol. The molecule has 0 spiro atoms. The molecule has 0 aliphatic heterocycles. The molecular formula is H2Cl3NO3STi. The van der Waals surface area contributed by atoms with Crippen LogP contribution in [0.25, 0.3) is 0 Å². The number of halogens is 3. The van der Waals surface area contributed by atoms with Crippen molar-refractivity contribution in [3.8, 4) is 0 Å². The van der Waals surface area contributed by atoms with Crippen LogP contribution in [0.3, 0.4) is 0 Å². The van der Waals surface area contributed by atoms with Crippen molar-refractivity contribution in [3.05, 3.63) is 0 Å². The molecule has 0 fully saturated rings. The van der Waals surface area contributed by atoms with E-state index in [1.54, 1.807) is 0 Å². The van der Waals surface area contributed by atoms with Crippen molar-refractivity contribution >= 4 is 38.2 Å². The first-order valence-corrected chi connectivity index (χ1v) is 10.2. The van der Waals surface area contributed by atoms with Gasteiger partial charge in [-0.3, -0.25) is 0 Å². The van der Waals surface area contributed by atoms with Gasteiger partial charge in [0.25, 0.3) is 0 Å². The number of rotatable bonds is 2. The first kappa shape index (κ1) is 10.5. The van der Waals surface area contributed by atoms with E-state index in [0.29, 0.717) is 0 Å². The zero-order valence-electron chi connectivity index (χ0n) is 3.81. The van der Waals surface area contributed by atoms with E-state index >= 15 is 0 Å². The van der Waals surface area contributed by atoms with Crippen LogP contribution in [0.5, 0.6) is 0 Å². The van der Waals surface area contributed by atoms with Gasteiger partial charge in [-0.05, 0) is 0 Å². The Bertz CT molecular complexity index is 180. The Morgan fingerprint density at radius 3 is 1.67 bits per heavy atom. The molecule has 4 nitrogen and oxygen atoms in total. The van der Waals surface area contributed by atoms with Crippen LogP contribution in [0.2, 0.25) is 0 Å². The van der Waals surface area contributed by atoms with Crippen molar-refractivity contribution in [1.82, 2.24) is 3.20 Å². The zero-order valence-corrected chi connectivity index (χ0v) is 8.45. The fourth-order valence-corrected chi connectivity index (χ4v) is 5.43. The van der Waals surface area contributed by atoms with Crippen LogP contribution < -0.4 is 3.20 Å². The van der Waals surface area contributed by atoms with E-state index < -0.39 is 24.0 Å². The standard InChI is InChI=1S/3ClH.H2NO3S.Ti/c;;;1-5(2,3)4;/h3*1H;(H2-,1,2,3,4);/q;;;-1;+4/p-3. The summed E-state index contributed by atoms with van der Waals surface area (Å²) in [4.78, 5) is 0. The van der Waals surface area contributed by atoms with Gasteiger partial charge in [-0.25, -0.2) is 0 Å². The Labute approximate surface area is 67.6 Å². The molecule has 0 aromatic heterocycles. The van der Waals surface area contributed by atoms with Gasteiger partial charge in [-0.2, -0.15) is 0 Å². The second-order valence-corrected chi connectivity index (χ2v) is 14.1. The summed E-state index contributed by atoms with van der Waals surface area (Å²) in [7, 11) is 10.9. The first-order chi connectivity index (χ1) is 3.71. The van der Waals surface area contributed by atoms with Crippen LogP contribution in [0, 0.1) is 0 Å². The first-order valence-electron chi connectivity index (χ1n) is 1.54. The third-order valence-electron chi connectivity index (χ3n) is 0.245. The molecule has 9 heavy (non-hydrogen) atoms. The molecule has 0 atom stereocenters. The summed E-state index contributed by atoms with van der Waals surface area (Å²) in [5.41, 5.74) is 0. The van der Waals surface area contributed by atoms with Crippen molar-refractivity contribution in [3.63, 3.8) is 0 Å². The summed E-state index contributed by atoms with van der Waals surface area (Å²) < 4.78 is 29.2. The molecule has 0 saturated heterocycles. The third kappa shape index (κ3) is 9.45. The molecule has 9 heteroatoms. The fraction of sp³-hybridized carbons (Fsp3) is 0. The Morgan fingerprint density at radius 2 is 1.67 bits per heavy atom. The second kappa shape index (κ2) is 3.23.